The quantitative estimate of drug-likeness (QED) is 0.776. The van der Waals surface area contributed by atoms with Crippen molar-refractivity contribution in [3.63, 3.8) is 0 Å². The molecule has 1 aromatic carbocycles. The fourth-order valence-electron chi connectivity index (χ4n) is 2.38. The third kappa shape index (κ3) is 2.81. The summed E-state index contributed by atoms with van der Waals surface area (Å²) in [5, 5.41) is 0. The van der Waals surface area contributed by atoms with Crippen LogP contribution in [0.4, 0.5) is 0 Å². The number of hydrogen-bond acceptors (Lipinski definition) is 3. The first-order valence-corrected chi connectivity index (χ1v) is 7.83. The van der Waals surface area contributed by atoms with Crippen molar-refractivity contribution in [1.82, 2.24) is 0 Å². The Kier molecular flexibility index (Phi) is 3.82. The Bertz CT molecular complexity index is 606. The molecule has 1 aliphatic rings. The number of carbonyl (C=O) groups is 1. The van der Waals surface area contributed by atoms with E-state index >= 15 is 0 Å². The lowest BCUT2D eigenvalue weighted by molar-refractivity contribution is 0.0353. The molecule has 2 heterocycles. The van der Waals surface area contributed by atoms with Crippen LogP contribution in [0.5, 0.6) is 0 Å². The van der Waals surface area contributed by atoms with Crippen LogP contribution in [-0.2, 0) is 11.2 Å². The molecule has 3 rings (SSSR count). The Morgan fingerprint density at radius 2 is 2.16 bits per heavy atom. The number of hydrogen-bond donors (Lipinski definition) is 0. The van der Waals surface area contributed by atoms with Crippen LogP contribution in [0, 0.1) is 0 Å². The predicted octanol–water partition coefficient (Wildman–Crippen LogP) is 4.40. The molecule has 0 amide bonds. The minimum Gasteiger partial charge on any atom is -0.373 e. The summed E-state index contributed by atoms with van der Waals surface area (Å²) < 4.78 is 6.76. The van der Waals surface area contributed by atoms with Gasteiger partial charge in [-0.3, -0.25) is 4.79 Å². The molecule has 1 atom stereocenters. The fraction of sp³-hybridized carbons (Fsp3) is 0.267. The lowest BCUT2D eigenvalue weighted by atomic mass is 9.94. The van der Waals surface area contributed by atoms with Crippen LogP contribution >= 0.6 is 27.3 Å². The summed E-state index contributed by atoms with van der Waals surface area (Å²) in [4.78, 5) is 13.0. The molecule has 98 valence electrons. The van der Waals surface area contributed by atoms with Crippen molar-refractivity contribution in [3.8, 4) is 0 Å². The Morgan fingerprint density at radius 1 is 1.32 bits per heavy atom. The first-order chi connectivity index (χ1) is 9.24. The molecule has 0 fully saturated rings. The first kappa shape index (κ1) is 13.0. The summed E-state index contributed by atoms with van der Waals surface area (Å²) in [6, 6.07) is 12.0. The largest absolute Gasteiger partial charge is 0.373 e. The van der Waals surface area contributed by atoms with Gasteiger partial charge in [0.1, 0.15) is 0 Å². The van der Waals surface area contributed by atoms with Gasteiger partial charge in [-0.15, -0.1) is 11.3 Å². The van der Waals surface area contributed by atoms with E-state index in [1.165, 1.54) is 16.9 Å². The van der Waals surface area contributed by atoms with Gasteiger partial charge < -0.3 is 4.74 Å². The molecule has 19 heavy (non-hydrogen) atoms. The molecule has 1 unspecified atom stereocenters. The van der Waals surface area contributed by atoms with Crippen LogP contribution in [0.15, 0.2) is 40.2 Å². The molecular weight excluding hydrogens is 324 g/mol. The normalized spacial score (nSPS) is 18.1. The third-order valence-corrected chi connectivity index (χ3v) is 4.98. The van der Waals surface area contributed by atoms with Gasteiger partial charge in [-0.2, -0.15) is 0 Å². The zero-order chi connectivity index (χ0) is 13.2. The highest BCUT2D eigenvalue weighted by Gasteiger charge is 2.24. The number of Topliss-reactive ketones (excluding diaryl/α,β-unsaturated/α-hetero) is 1. The van der Waals surface area contributed by atoms with E-state index in [-0.39, 0.29) is 11.9 Å². The minimum atomic E-state index is -0.0988. The second-order valence-electron chi connectivity index (χ2n) is 4.54. The lowest BCUT2D eigenvalue weighted by Gasteiger charge is -2.25. The summed E-state index contributed by atoms with van der Waals surface area (Å²) >= 11 is 4.86. The SMILES string of the molecule is O=C(CC1OCCc2ccccc21)c1ccc(Br)s1. The number of benzene rings is 1. The summed E-state index contributed by atoms with van der Waals surface area (Å²) in [5.74, 6) is 0.150. The van der Waals surface area contributed by atoms with Gasteiger partial charge in [0.2, 0.25) is 0 Å². The van der Waals surface area contributed by atoms with Crippen LogP contribution in [0.1, 0.15) is 33.3 Å². The Labute approximate surface area is 124 Å². The Morgan fingerprint density at radius 3 is 2.95 bits per heavy atom. The number of ether oxygens (including phenoxy) is 1. The highest BCUT2D eigenvalue weighted by atomic mass is 79.9. The summed E-state index contributed by atoms with van der Waals surface area (Å²) in [5.41, 5.74) is 2.47. The van der Waals surface area contributed by atoms with Gasteiger partial charge in [0.25, 0.3) is 0 Å². The zero-order valence-corrected chi connectivity index (χ0v) is 12.7. The summed E-state index contributed by atoms with van der Waals surface area (Å²) in [6.45, 7) is 0.698. The molecule has 0 saturated carbocycles. The second kappa shape index (κ2) is 5.57. The third-order valence-electron chi connectivity index (χ3n) is 3.31. The molecule has 0 saturated heterocycles. The fourth-order valence-corrected chi connectivity index (χ4v) is 3.71. The number of ketones is 1. The molecule has 2 nitrogen and oxygen atoms in total. The van der Waals surface area contributed by atoms with E-state index in [9.17, 15) is 4.79 Å². The predicted molar refractivity (Wildman–Crippen MR) is 79.8 cm³/mol. The van der Waals surface area contributed by atoms with Crippen molar-refractivity contribution < 1.29 is 9.53 Å². The molecule has 0 radical (unpaired) electrons. The number of carbonyl (C=O) groups excluding carboxylic acids is 1. The average molecular weight is 337 g/mol. The monoisotopic (exact) mass is 336 g/mol. The van der Waals surface area contributed by atoms with Crippen LogP contribution in [-0.4, -0.2) is 12.4 Å². The average Bonchev–Trinajstić information content (AvgIpc) is 2.86. The van der Waals surface area contributed by atoms with Crippen molar-refractivity contribution in [1.29, 1.82) is 0 Å². The highest BCUT2D eigenvalue weighted by molar-refractivity contribution is 9.11. The standard InChI is InChI=1S/C15H13BrO2S/c16-15-6-5-14(19-15)12(17)9-13-11-4-2-1-3-10(11)7-8-18-13/h1-6,13H,7-9H2. The summed E-state index contributed by atoms with van der Waals surface area (Å²) in [7, 11) is 0. The molecule has 0 bridgehead atoms. The van der Waals surface area contributed by atoms with E-state index in [4.69, 9.17) is 4.74 Å². The minimum absolute atomic E-state index is 0.0988. The highest BCUT2D eigenvalue weighted by Crippen LogP contribution is 2.32. The van der Waals surface area contributed by atoms with Crippen molar-refractivity contribution in [2.45, 2.75) is 18.9 Å². The van der Waals surface area contributed by atoms with E-state index in [1.54, 1.807) is 0 Å². The van der Waals surface area contributed by atoms with Gasteiger partial charge in [0.15, 0.2) is 5.78 Å². The van der Waals surface area contributed by atoms with E-state index in [2.05, 4.69) is 28.1 Å². The Hall–Kier alpha value is -0.970. The van der Waals surface area contributed by atoms with E-state index in [0.717, 1.165) is 20.6 Å². The molecule has 4 heteroatoms. The summed E-state index contributed by atoms with van der Waals surface area (Å²) in [6.07, 6.45) is 1.26. The number of rotatable bonds is 3. The maximum atomic E-state index is 12.2. The zero-order valence-electron chi connectivity index (χ0n) is 10.3. The number of thiophene rings is 1. The van der Waals surface area contributed by atoms with E-state index in [0.29, 0.717) is 13.0 Å². The molecule has 1 aliphatic heterocycles. The maximum Gasteiger partial charge on any atom is 0.175 e. The number of fused-ring (bicyclic) bond motifs is 1. The molecule has 2 aromatic rings. The van der Waals surface area contributed by atoms with Gasteiger partial charge >= 0.3 is 0 Å². The van der Waals surface area contributed by atoms with Crippen molar-refractivity contribution in [2.75, 3.05) is 6.61 Å². The van der Waals surface area contributed by atoms with E-state index in [1.807, 2.05) is 24.3 Å². The maximum absolute atomic E-state index is 12.2. The smallest absolute Gasteiger partial charge is 0.175 e. The molecule has 1 aromatic heterocycles. The second-order valence-corrected chi connectivity index (χ2v) is 7.00. The molecule has 0 aliphatic carbocycles. The van der Waals surface area contributed by atoms with Gasteiger partial charge in [-0.25, -0.2) is 0 Å². The van der Waals surface area contributed by atoms with E-state index < -0.39 is 0 Å². The van der Waals surface area contributed by atoms with Crippen molar-refractivity contribution in [3.05, 3.63) is 56.2 Å². The number of halogens is 1. The van der Waals surface area contributed by atoms with Crippen LogP contribution in [0.2, 0.25) is 0 Å². The van der Waals surface area contributed by atoms with Crippen molar-refractivity contribution >= 4 is 33.0 Å². The first-order valence-electron chi connectivity index (χ1n) is 6.22. The van der Waals surface area contributed by atoms with Gasteiger partial charge in [0, 0.05) is 6.42 Å². The van der Waals surface area contributed by atoms with Crippen molar-refractivity contribution in [2.24, 2.45) is 0 Å². The van der Waals surface area contributed by atoms with Gasteiger partial charge in [-0.05, 0) is 45.6 Å². The van der Waals surface area contributed by atoms with Crippen LogP contribution < -0.4 is 0 Å². The lowest BCUT2D eigenvalue weighted by Crippen LogP contribution is -2.18. The van der Waals surface area contributed by atoms with Gasteiger partial charge in [0.05, 0.1) is 21.4 Å². The molecular formula is C15H13BrO2S. The topological polar surface area (TPSA) is 26.3 Å². The van der Waals surface area contributed by atoms with Crippen LogP contribution in [0.3, 0.4) is 0 Å². The van der Waals surface area contributed by atoms with Crippen LogP contribution in [0.25, 0.3) is 0 Å². The molecule has 0 N–H and O–H groups in total. The molecule has 0 spiro atoms. The van der Waals surface area contributed by atoms with Gasteiger partial charge in [-0.1, -0.05) is 24.3 Å². The Balaban J connectivity index is 1.79.